The van der Waals surface area contributed by atoms with E-state index in [1.54, 1.807) is 13.8 Å². The SMILES string of the molecule is CCOC(=O)c1cc(OCC)c(-c2cnc(F)c(Cl)c2)cc1F. The van der Waals surface area contributed by atoms with Crippen molar-refractivity contribution >= 4 is 17.6 Å². The zero-order valence-electron chi connectivity index (χ0n) is 12.5. The van der Waals surface area contributed by atoms with Gasteiger partial charge in [-0.15, -0.1) is 0 Å². The van der Waals surface area contributed by atoms with Gasteiger partial charge in [-0.25, -0.2) is 14.2 Å². The van der Waals surface area contributed by atoms with Gasteiger partial charge in [0.2, 0.25) is 5.95 Å². The molecule has 0 radical (unpaired) electrons. The summed E-state index contributed by atoms with van der Waals surface area (Å²) in [6, 6.07) is 3.68. The minimum atomic E-state index is -0.822. The Hall–Kier alpha value is -2.21. The summed E-state index contributed by atoms with van der Waals surface area (Å²) in [6.07, 6.45) is 1.21. The molecule has 7 heteroatoms. The van der Waals surface area contributed by atoms with Crippen LogP contribution in [0.15, 0.2) is 24.4 Å². The first-order valence-corrected chi connectivity index (χ1v) is 7.30. The van der Waals surface area contributed by atoms with E-state index in [1.165, 1.54) is 18.3 Å². The van der Waals surface area contributed by atoms with Crippen molar-refractivity contribution in [3.8, 4) is 16.9 Å². The van der Waals surface area contributed by atoms with Gasteiger partial charge in [0.15, 0.2) is 0 Å². The minimum absolute atomic E-state index is 0.126. The third-order valence-corrected chi connectivity index (χ3v) is 3.24. The Morgan fingerprint density at radius 3 is 2.57 bits per heavy atom. The molecule has 4 nitrogen and oxygen atoms in total. The number of esters is 1. The maximum Gasteiger partial charge on any atom is 0.341 e. The van der Waals surface area contributed by atoms with Crippen LogP contribution in [0.1, 0.15) is 24.2 Å². The summed E-state index contributed by atoms with van der Waals surface area (Å²) >= 11 is 5.71. The van der Waals surface area contributed by atoms with Crippen molar-refractivity contribution in [1.29, 1.82) is 0 Å². The molecular formula is C16H14ClF2NO3. The fraction of sp³-hybridized carbons (Fsp3) is 0.250. The van der Waals surface area contributed by atoms with Gasteiger partial charge in [-0.3, -0.25) is 0 Å². The summed E-state index contributed by atoms with van der Waals surface area (Å²) in [6.45, 7) is 3.79. The predicted octanol–water partition coefficient (Wildman–Crippen LogP) is 4.26. The highest BCUT2D eigenvalue weighted by molar-refractivity contribution is 6.30. The summed E-state index contributed by atoms with van der Waals surface area (Å²) < 4.78 is 37.7. The highest BCUT2D eigenvalue weighted by Crippen LogP contribution is 2.34. The Bertz CT molecular complexity index is 738. The summed E-state index contributed by atoms with van der Waals surface area (Å²) in [5.74, 6) is -2.13. The first-order valence-electron chi connectivity index (χ1n) is 6.92. The molecule has 0 unspecified atom stereocenters. The van der Waals surface area contributed by atoms with Gasteiger partial charge in [-0.1, -0.05) is 11.6 Å². The average molecular weight is 342 g/mol. The summed E-state index contributed by atoms with van der Waals surface area (Å²) in [5, 5.41) is -0.195. The molecule has 23 heavy (non-hydrogen) atoms. The lowest BCUT2D eigenvalue weighted by Gasteiger charge is -2.13. The zero-order valence-corrected chi connectivity index (χ0v) is 13.3. The topological polar surface area (TPSA) is 48.4 Å². The van der Waals surface area contributed by atoms with Crippen molar-refractivity contribution in [1.82, 2.24) is 4.98 Å². The smallest absolute Gasteiger partial charge is 0.341 e. The Labute approximate surface area is 137 Å². The molecule has 0 aliphatic rings. The van der Waals surface area contributed by atoms with Crippen LogP contribution in [0.2, 0.25) is 5.02 Å². The fourth-order valence-corrected chi connectivity index (χ4v) is 2.15. The number of pyridine rings is 1. The van der Waals surface area contributed by atoms with E-state index in [1.807, 2.05) is 0 Å². The van der Waals surface area contributed by atoms with E-state index < -0.39 is 17.7 Å². The molecule has 1 aromatic carbocycles. The summed E-state index contributed by atoms with van der Waals surface area (Å²) in [5.41, 5.74) is 0.446. The fourth-order valence-electron chi connectivity index (χ4n) is 1.99. The first-order chi connectivity index (χ1) is 11.0. The van der Waals surface area contributed by atoms with Gasteiger partial charge in [0.05, 0.1) is 23.8 Å². The molecule has 0 spiro atoms. The molecule has 0 bridgehead atoms. The number of aromatic nitrogens is 1. The molecule has 1 aromatic heterocycles. The summed E-state index contributed by atoms with van der Waals surface area (Å²) in [4.78, 5) is 15.3. The molecule has 0 saturated heterocycles. The standard InChI is InChI=1S/C16H14ClF2NO3/c1-3-22-14-7-11(16(21)23-4-2)13(18)6-10(14)9-5-12(17)15(19)20-8-9/h5-8H,3-4H2,1-2H3. The number of halogens is 3. The van der Waals surface area contributed by atoms with Gasteiger partial charge in [0, 0.05) is 17.3 Å². The van der Waals surface area contributed by atoms with Crippen LogP contribution in [-0.4, -0.2) is 24.2 Å². The monoisotopic (exact) mass is 341 g/mol. The number of hydrogen-bond acceptors (Lipinski definition) is 4. The largest absolute Gasteiger partial charge is 0.493 e. The molecule has 0 aliphatic heterocycles. The Morgan fingerprint density at radius 2 is 1.96 bits per heavy atom. The van der Waals surface area contributed by atoms with Crippen LogP contribution in [-0.2, 0) is 4.74 Å². The molecule has 1 heterocycles. The number of nitrogens with zero attached hydrogens (tertiary/aromatic N) is 1. The van der Waals surface area contributed by atoms with Gasteiger partial charge < -0.3 is 9.47 Å². The second kappa shape index (κ2) is 7.37. The zero-order chi connectivity index (χ0) is 17.0. The van der Waals surface area contributed by atoms with Crippen LogP contribution in [0, 0.1) is 11.8 Å². The Kier molecular flexibility index (Phi) is 5.50. The maximum atomic E-state index is 14.2. The molecule has 0 atom stereocenters. The minimum Gasteiger partial charge on any atom is -0.493 e. The molecule has 0 saturated carbocycles. The van der Waals surface area contributed by atoms with E-state index in [4.69, 9.17) is 21.1 Å². The van der Waals surface area contributed by atoms with E-state index in [0.717, 1.165) is 6.07 Å². The van der Waals surface area contributed by atoms with Crippen molar-refractivity contribution in [2.75, 3.05) is 13.2 Å². The molecular weight excluding hydrogens is 328 g/mol. The Morgan fingerprint density at radius 1 is 1.22 bits per heavy atom. The highest BCUT2D eigenvalue weighted by atomic mass is 35.5. The van der Waals surface area contributed by atoms with Crippen molar-refractivity contribution in [2.24, 2.45) is 0 Å². The van der Waals surface area contributed by atoms with E-state index >= 15 is 0 Å². The maximum absolute atomic E-state index is 14.2. The van der Waals surface area contributed by atoms with Gasteiger partial charge in [0.25, 0.3) is 0 Å². The van der Waals surface area contributed by atoms with Gasteiger partial charge in [-0.2, -0.15) is 4.39 Å². The van der Waals surface area contributed by atoms with Crippen LogP contribution >= 0.6 is 11.6 Å². The molecule has 0 fully saturated rings. The van der Waals surface area contributed by atoms with Crippen LogP contribution < -0.4 is 4.74 Å². The van der Waals surface area contributed by atoms with E-state index in [9.17, 15) is 13.6 Å². The van der Waals surface area contributed by atoms with Crippen molar-refractivity contribution in [2.45, 2.75) is 13.8 Å². The highest BCUT2D eigenvalue weighted by Gasteiger charge is 2.19. The number of carbonyl (C=O) groups is 1. The predicted molar refractivity (Wildman–Crippen MR) is 81.7 cm³/mol. The van der Waals surface area contributed by atoms with Crippen LogP contribution in [0.4, 0.5) is 8.78 Å². The first kappa shape index (κ1) is 17.1. The summed E-state index contributed by atoms with van der Waals surface area (Å²) in [7, 11) is 0. The molecule has 122 valence electrons. The average Bonchev–Trinajstić information content (AvgIpc) is 2.52. The molecule has 2 rings (SSSR count). The second-order valence-electron chi connectivity index (χ2n) is 4.48. The lowest BCUT2D eigenvalue weighted by atomic mass is 10.0. The lowest BCUT2D eigenvalue weighted by Crippen LogP contribution is -2.08. The van der Waals surface area contributed by atoms with Crippen molar-refractivity contribution in [3.05, 3.63) is 46.7 Å². The Balaban J connectivity index is 2.56. The number of hydrogen-bond donors (Lipinski definition) is 0. The second-order valence-corrected chi connectivity index (χ2v) is 4.89. The van der Waals surface area contributed by atoms with E-state index in [2.05, 4.69) is 4.98 Å². The normalized spacial score (nSPS) is 10.5. The number of benzene rings is 1. The molecule has 0 amide bonds. The van der Waals surface area contributed by atoms with Crippen molar-refractivity contribution < 1.29 is 23.0 Å². The van der Waals surface area contributed by atoms with Crippen LogP contribution in [0.25, 0.3) is 11.1 Å². The van der Waals surface area contributed by atoms with Gasteiger partial charge in [-0.05, 0) is 32.0 Å². The number of ether oxygens (including phenoxy) is 2. The third kappa shape index (κ3) is 3.76. The quantitative estimate of drug-likeness (QED) is 0.602. The molecule has 2 aromatic rings. The van der Waals surface area contributed by atoms with E-state index in [-0.39, 0.29) is 22.9 Å². The lowest BCUT2D eigenvalue weighted by molar-refractivity contribution is 0.0520. The number of rotatable bonds is 5. The van der Waals surface area contributed by atoms with Gasteiger partial charge >= 0.3 is 5.97 Å². The van der Waals surface area contributed by atoms with Crippen molar-refractivity contribution in [3.63, 3.8) is 0 Å². The third-order valence-electron chi connectivity index (χ3n) is 2.97. The van der Waals surface area contributed by atoms with Crippen LogP contribution in [0.5, 0.6) is 5.75 Å². The van der Waals surface area contributed by atoms with Crippen LogP contribution in [0.3, 0.4) is 0 Å². The number of carbonyl (C=O) groups excluding carboxylic acids is 1. The molecule has 0 N–H and O–H groups in total. The van der Waals surface area contributed by atoms with E-state index in [0.29, 0.717) is 17.7 Å². The van der Waals surface area contributed by atoms with Gasteiger partial charge in [0.1, 0.15) is 11.6 Å². The molecule has 0 aliphatic carbocycles.